The Kier molecular flexibility index (Phi) is 7.36. The number of anilines is 1. The normalized spacial score (nSPS) is 10.6. The van der Waals surface area contributed by atoms with Gasteiger partial charge in [0.05, 0.1) is 26.2 Å². The third-order valence-corrected chi connectivity index (χ3v) is 4.48. The number of hydrogen-bond donors (Lipinski definition) is 3. The fourth-order valence-electron chi connectivity index (χ4n) is 2.67. The van der Waals surface area contributed by atoms with Gasteiger partial charge in [-0.25, -0.2) is 0 Å². The number of carbonyl (C=O) groups is 2. The van der Waals surface area contributed by atoms with Gasteiger partial charge in [-0.15, -0.1) is 0 Å². The molecule has 0 saturated heterocycles. The Bertz CT molecular complexity index is 720. The minimum Gasteiger partial charge on any atom is -0.346 e. The van der Waals surface area contributed by atoms with Crippen molar-refractivity contribution in [3.05, 3.63) is 65.2 Å². The van der Waals surface area contributed by atoms with Gasteiger partial charge >= 0.3 is 0 Å². The van der Waals surface area contributed by atoms with Crippen molar-refractivity contribution in [2.75, 3.05) is 31.5 Å². The maximum atomic E-state index is 12.2. The van der Waals surface area contributed by atoms with E-state index in [9.17, 15) is 9.59 Å². The summed E-state index contributed by atoms with van der Waals surface area (Å²) in [5.41, 5.74) is 2.98. The van der Waals surface area contributed by atoms with Crippen molar-refractivity contribution in [1.29, 1.82) is 0 Å². The first-order valence-electron chi connectivity index (χ1n) is 9.13. The van der Waals surface area contributed by atoms with E-state index < -0.39 is 0 Å². The Balaban J connectivity index is 1.88. The quantitative estimate of drug-likeness (QED) is 0.678. The summed E-state index contributed by atoms with van der Waals surface area (Å²) < 4.78 is 0. The molecule has 0 heterocycles. The average molecular weight is 354 g/mol. The zero-order valence-corrected chi connectivity index (χ0v) is 15.8. The van der Waals surface area contributed by atoms with Crippen LogP contribution in [0.1, 0.15) is 40.1 Å². The second kappa shape index (κ2) is 9.73. The second-order valence-electron chi connectivity index (χ2n) is 6.36. The Labute approximate surface area is 155 Å². The number of amides is 2. The second-order valence-corrected chi connectivity index (χ2v) is 6.36. The molecule has 0 aliphatic rings. The molecule has 2 aromatic carbocycles. The van der Waals surface area contributed by atoms with Crippen LogP contribution in [0.3, 0.4) is 0 Å². The molecule has 0 fully saturated rings. The van der Waals surface area contributed by atoms with E-state index in [0.29, 0.717) is 23.4 Å². The summed E-state index contributed by atoms with van der Waals surface area (Å²) in [6.07, 6.45) is 0. The van der Waals surface area contributed by atoms with Gasteiger partial charge in [0.1, 0.15) is 0 Å². The molecule has 0 bridgehead atoms. The van der Waals surface area contributed by atoms with Crippen molar-refractivity contribution >= 4 is 17.5 Å². The third kappa shape index (κ3) is 5.70. The maximum Gasteiger partial charge on any atom is 0.255 e. The van der Waals surface area contributed by atoms with Crippen molar-refractivity contribution in [2.24, 2.45) is 0 Å². The van der Waals surface area contributed by atoms with Crippen LogP contribution in [0.4, 0.5) is 5.69 Å². The van der Waals surface area contributed by atoms with Gasteiger partial charge in [0, 0.05) is 16.8 Å². The molecule has 0 saturated carbocycles. The summed E-state index contributed by atoms with van der Waals surface area (Å²) in [5.74, 6) is -0.252. The fraction of sp³-hybridized carbons (Fsp3) is 0.333. The van der Waals surface area contributed by atoms with Gasteiger partial charge in [0.25, 0.3) is 11.8 Å². The van der Waals surface area contributed by atoms with Crippen LogP contribution in [0.5, 0.6) is 0 Å². The van der Waals surface area contributed by atoms with E-state index in [-0.39, 0.29) is 11.8 Å². The average Bonchev–Trinajstić information content (AvgIpc) is 2.66. The van der Waals surface area contributed by atoms with Gasteiger partial charge in [-0.05, 0) is 57.2 Å². The Morgan fingerprint density at radius 1 is 0.846 bits per heavy atom. The number of likely N-dealkylation sites (N-methyl/N-ethyl adjacent to an activating group) is 1. The number of aryl methyl sites for hydroxylation is 1. The van der Waals surface area contributed by atoms with E-state index in [2.05, 4.69) is 24.5 Å². The highest BCUT2D eigenvalue weighted by atomic mass is 16.2. The molecule has 2 aromatic rings. The number of benzene rings is 2. The molecule has 0 unspecified atom stereocenters. The number of rotatable bonds is 8. The fourth-order valence-corrected chi connectivity index (χ4v) is 2.67. The smallest absolute Gasteiger partial charge is 0.255 e. The molecule has 0 aliphatic carbocycles. The number of quaternary nitrogens is 1. The Hall–Kier alpha value is -2.66. The lowest BCUT2D eigenvalue weighted by molar-refractivity contribution is -0.895. The predicted molar refractivity (Wildman–Crippen MR) is 105 cm³/mol. The van der Waals surface area contributed by atoms with Crippen molar-refractivity contribution in [3.63, 3.8) is 0 Å². The molecule has 0 atom stereocenters. The van der Waals surface area contributed by atoms with E-state index in [1.54, 1.807) is 36.4 Å². The van der Waals surface area contributed by atoms with Gasteiger partial charge in [-0.3, -0.25) is 9.59 Å². The number of hydrogen-bond acceptors (Lipinski definition) is 2. The maximum absolute atomic E-state index is 12.2. The van der Waals surface area contributed by atoms with Gasteiger partial charge in [-0.2, -0.15) is 0 Å². The van der Waals surface area contributed by atoms with E-state index in [0.717, 1.165) is 25.2 Å². The highest BCUT2D eigenvalue weighted by Crippen LogP contribution is 2.12. The molecule has 26 heavy (non-hydrogen) atoms. The highest BCUT2D eigenvalue weighted by molar-refractivity contribution is 6.04. The van der Waals surface area contributed by atoms with Gasteiger partial charge in [0.15, 0.2) is 0 Å². The first-order valence-corrected chi connectivity index (χ1v) is 9.13. The lowest BCUT2D eigenvalue weighted by atomic mass is 10.1. The van der Waals surface area contributed by atoms with E-state index in [4.69, 9.17) is 0 Å². The van der Waals surface area contributed by atoms with Crippen molar-refractivity contribution < 1.29 is 14.5 Å². The van der Waals surface area contributed by atoms with Crippen molar-refractivity contribution in [1.82, 2.24) is 5.32 Å². The monoisotopic (exact) mass is 354 g/mol. The summed E-state index contributed by atoms with van der Waals surface area (Å²) >= 11 is 0. The molecule has 0 spiro atoms. The lowest BCUT2D eigenvalue weighted by Crippen LogP contribution is -3.12. The molecular formula is C21H28N3O2+. The Morgan fingerprint density at radius 3 is 1.96 bits per heavy atom. The molecule has 5 heteroatoms. The van der Waals surface area contributed by atoms with Crippen molar-refractivity contribution in [2.45, 2.75) is 20.8 Å². The van der Waals surface area contributed by atoms with Crippen LogP contribution in [0, 0.1) is 6.92 Å². The molecule has 2 rings (SSSR count). The van der Waals surface area contributed by atoms with E-state index >= 15 is 0 Å². The minimum absolute atomic E-state index is 0.0898. The van der Waals surface area contributed by atoms with Crippen molar-refractivity contribution in [3.8, 4) is 0 Å². The largest absolute Gasteiger partial charge is 0.346 e. The first kappa shape index (κ1) is 19.7. The molecule has 0 radical (unpaired) electrons. The third-order valence-electron chi connectivity index (χ3n) is 4.48. The summed E-state index contributed by atoms with van der Waals surface area (Å²) in [7, 11) is 0. The molecule has 0 aromatic heterocycles. The summed E-state index contributed by atoms with van der Waals surface area (Å²) in [4.78, 5) is 25.9. The van der Waals surface area contributed by atoms with Crippen LogP contribution in [-0.4, -0.2) is 38.0 Å². The summed E-state index contributed by atoms with van der Waals surface area (Å²) in [5, 5.41) is 5.79. The van der Waals surface area contributed by atoms with Crippen LogP contribution in [-0.2, 0) is 0 Å². The Morgan fingerprint density at radius 2 is 1.38 bits per heavy atom. The van der Waals surface area contributed by atoms with Crippen LogP contribution in [0.25, 0.3) is 0 Å². The topological polar surface area (TPSA) is 62.6 Å². The van der Waals surface area contributed by atoms with E-state index in [1.807, 2.05) is 19.1 Å². The summed E-state index contributed by atoms with van der Waals surface area (Å²) in [6, 6.07) is 14.3. The molecule has 5 nitrogen and oxygen atoms in total. The lowest BCUT2D eigenvalue weighted by Gasteiger charge is -2.15. The van der Waals surface area contributed by atoms with Crippen LogP contribution in [0.2, 0.25) is 0 Å². The molecule has 2 amide bonds. The summed E-state index contributed by atoms with van der Waals surface area (Å²) in [6.45, 7) is 9.96. The molecule has 138 valence electrons. The van der Waals surface area contributed by atoms with Gasteiger partial charge in [-0.1, -0.05) is 17.7 Å². The number of nitrogens with one attached hydrogen (secondary N) is 3. The zero-order chi connectivity index (χ0) is 18.9. The standard InChI is InChI=1S/C21H27N3O2/c1-4-24(5-2)15-14-22-20(25)17-10-12-19(13-11-17)23-21(26)18-8-6-16(3)7-9-18/h6-13H,4-5,14-15H2,1-3H3,(H,22,25)(H,23,26)/p+1. The van der Waals surface area contributed by atoms with Gasteiger partial charge < -0.3 is 15.5 Å². The van der Waals surface area contributed by atoms with Gasteiger partial charge in [0.2, 0.25) is 0 Å². The zero-order valence-electron chi connectivity index (χ0n) is 15.8. The van der Waals surface area contributed by atoms with E-state index in [1.165, 1.54) is 4.90 Å². The molecular weight excluding hydrogens is 326 g/mol. The minimum atomic E-state index is -0.163. The first-order chi connectivity index (χ1) is 12.5. The van der Waals surface area contributed by atoms with Crippen LogP contribution < -0.4 is 15.5 Å². The number of carbonyl (C=O) groups excluding carboxylic acids is 2. The SMILES string of the molecule is CC[NH+](CC)CCNC(=O)c1ccc(NC(=O)c2ccc(C)cc2)cc1. The highest BCUT2D eigenvalue weighted by Gasteiger charge is 2.09. The predicted octanol–water partition coefficient (Wildman–Crippen LogP) is 1.90. The molecule has 0 aliphatic heterocycles. The van der Waals surface area contributed by atoms with Crippen LogP contribution in [0.15, 0.2) is 48.5 Å². The van der Waals surface area contributed by atoms with Crippen LogP contribution >= 0.6 is 0 Å². The molecule has 3 N–H and O–H groups in total.